The van der Waals surface area contributed by atoms with E-state index in [1.807, 2.05) is 68.4 Å². The molecule has 0 spiro atoms. The third kappa shape index (κ3) is 7.21. The van der Waals surface area contributed by atoms with Gasteiger partial charge in [-0.25, -0.2) is 0 Å². The molecule has 0 radical (unpaired) electrons. The molecule has 2 rings (SSSR count). The monoisotopic (exact) mass is 410 g/mol. The van der Waals surface area contributed by atoms with Crippen molar-refractivity contribution in [2.45, 2.75) is 59.0 Å². The molecule has 0 aliphatic heterocycles. The third-order valence-electron chi connectivity index (χ3n) is 5.35. The van der Waals surface area contributed by atoms with Gasteiger partial charge in [0.25, 0.3) is 5.91 Å². The number of nitrogens with zero attached hydrogens (tertiary/aromatic N) is 1. The highest BCUT2D eigenvalue weighted by atomic mass is 16.5. The van der Waals surface area contributed by atoms with Gasteiger partial charge in [-0.2, -0.15) is 0 Å². The average molecular weight is 411 g/mol. The SMILES string of the molecule is CCc1ccc(OCC(=O)N(CCc2ccccc2)[C@@H](C)C(=O)N[C@@H](C)CC)cc1. The Labute approximate surface area is 180 Å². The van der Waals surface area contributed by atoms with Crippen molar-refractivity contribution in [3.05, 3.63) is 65.7 Å². The Balaban J connectivity index is 2.05. The maximum atomic E-state index is 13.0. The van der Waals surface area contributed by atoms with Gasteiger partial charge in [-0.05, 0) is 56.4 Å². The zero-order chi connectivity index (χ0) is 21.9. The second kappa shape index (κ2) is 12.0. The largest absolute Gasteiger partial charge is 0.484 e. The predicted molar refractivity (Wildman–Crippen MR) is 121 cm³/mol. The standard InChI is InChI=1S/C25H34N2O3/c1-5-19(3)26-25(29)20(4)27(17-16-22-10-8-7-9-11-22)24(28)18-30-23-14-12-21(6-2)13-15-23/h7-15,19-20H,5-6,16-18H2,1-4H3,(H,26,29)/t19-,20-/m0/s1. The molecule has 162 valence electrons. The van der Waals surface area contributed by atoms with Crippen LogP contribution in [0.1, 0.15) is 45.2 Å². The number of carbonyl (C=O) groups is 2. The van der Waals surface area contributed by atoms with Crippen molar-refractivity contribution in [2.75, 3.05) is 13.2 Å². The number of hydrogen-bond acceptors (Lipinski definition) is 3. The van der Waals surface area contributed by atoms with Gasteiger partial charge in [0.05, 0.1) is 0 Å². The minimum absolute atomic E-state index is 0.0688. The van der Waals surface area contributed by atoms with Crippen LogP contribution in [0.25, 0.3) is 0 Å². The summed E-state index contributed by atoms with van der Waals surface area (Å²) in [6, 6.07) is 17.2. The van der Waals surface area contributed by atoms with Crippen molar-refractivity contribution in [3.8, 4) is 5.75 Å². The van der Waals surface area contributed by atoms with Crippen molar-refractivity contribution >= 4 is 11.8 Å². The highest BCUT2D eigenvalue weighted by Gasteiger charge is 2.26. The summed E-state index contributed by atoms with van der Waals surface area (Å²) >= 11 is 0. The lowest BCUT2D eigenvalue weighted by Crippen LogP contribution is -2.51. The topological polar surface area (TPSA) is 58.6 Å². The number of benzene rings is 2. The van der Waals surface area contributed by atoms with Crippen LogP contribution in [0, 0.1) is 0 Å². The van der Waals surface area contributed by atoms with Gasteiger partial charge in [-0.1, -0.05) is 56.3 Å². The van der Waals surface area contributed by atoms with E-state index < -0.39 is 6.04 Å². The number of nitrogens with one attached hydrogen (secondary N) is 1. The summed E-state index contributed by atoms with van der Waals surface area (Å²) in [6.07, 6.45) is 2.47. The van der Waals surface area contributed by atoms with E-state index in [0.717, 1.165) is 18.4 Å². The molecule has 5 nitrogen and oxygen atoms in total. The lowest BCUT2D eigenvalue weighted by Gasteiger charge is -2.29. The van der Waals surface area contributed by atoms with E-state index in [-0.39, 0.29) is 24.5 Å². The molecular formula is C25H34N2O3. The first-order chi connectivity index (χ1) is 14.4. The zero-order valence-corrected chi connectivity index (χ0v) is 18.6. The maximum absolute atomic E-state index is 13.0. The Hall–Kier alpha value is -2.82. The van der Waals surface area contributed by atoms with Crippen molar-refractivity contribution in [3.63, 3.8) is 0 Å². The molecule has 0 bridgehead atoms. The van der Waals surface area contributed by atoms with Gasteiger partial charge in [0.15, 0.2) is 6.61 Å². The van der Waals surface area contributed by atoms with Crippen molar-refractivity contribution in [1.82, 2.24) is 10.2 Å². The van der Waals surface area contributed by atoms with Gasteiger partial charge in [-0.3, -0.25) is 9.59 Å². The number of ether oxygens (including phenoxy) is 1. The van der Waals surface area contributed by atoms with E-state index >= 15 is 0 Å². The number of amides is 2. The van der Waals surface area contributed by atoms with Gasteiger partial charge >= 0.3 is 0 Å². The first kappa shape index (κ1) is 23.5. The summed E-state index contributed by atoms with van der Waals surface area (Å²) in [6.45, 7) is 8.21. The quantitative estimate of drug-likeness (QED) is 0.609. The molecule has 0 heterocycles. The first-order valence-corrected chi connectivity index (χ1v) is 10.8. The van der Waals surface area contributed by atoms with Crippen LogP contribution in [0.3, 0.4) is 0 Å². The van der Waals surface area contributed by atoms with E-state index in [9.17, 15) is 9.59 Å². The van der Waals surface area contributed by atoms with Crippen LogP contribution >= 0.6 is 0 Å². The van der Waals surface area contributed by atoms with Crippen LogP contribution in [0.15, 0.2) is 54.6 Å². The van der Waals surface area contributed by atoms with Crippen LogP contribution < -0.4 is 10.1 Å². The molecule has 1 N–H and O–H groups in total. The Morgan fingerprint density at radius 2 is 1.63 bits per heavy atom. The Morgan fingerprint density at radius 1 is 0.967 bits per heavy atom. The fraction of sp³-hybridized carbons (Fsp3) is 0.440. The van der Waals surface area contributed by atoms with E-state index in [1.54, 1.807) is 11.8 Å². The van der Waals surface area contributed by atoms with Crippen molar-refractivity contribution in [2.24, 2.45) is 0 Å². The molecule has 0 fully saturated rings. The van der Waals surface area contributed by atoms with Gasteiger partial charge in [0.2, 0.25) is 5.91 Å². The number of rotatable bonds is 11. The molecule has 2 amide bonds. The highest BCUT2D eigenvalue weighted by Crippen LogP contribution is 2.13. The van der Waals surface area contributed by atoms with Crippen LogP contribution in [0.5, 0.6) is 5.75 Å². The molecule has 2 aromatic carbocycles. The van der Waals surface area contributed by atoms with Crippen LogP contribution in [0.2, 0.25) is 0 Å². The molecule has 0 saturated carbocycles. The lowest BCUT2D eigenvalue weighted by atomic mass is 10.1. The normalized spacial score (nSPS) is 12.7. The predicted octanol–water partition coefficient (Wildman–Crippen LogP) is 4.00. The zero-order valence-electron chi connectivity index (χ0n) is 18.6. The van der Waals surface area contributed by atoms with Gasteiger partial charge in [0.1, 0.15) is 11.8 Å². The number of carbonyl (C=O) groups excluding carboxylic acids is 2. The fourth-order valence-corrected chi connectivity index (χ4v) is 3.08. The molecule has 5 heteroatoms. The van der Waals surface area contributed by atoms with Crippen molar-refractivity contribution < 1.29 is 14.3 Å². The molecule has 2 atom stereocenters. The van der Waals surface area contributed by atoms with E-state index in [4.69, 9.17) is 4.74 Å². The minimum Gasteiger partial charge on any atom is -0.484 e. The van der Waals surface area contributed by atoms with Crippen LogP contribution in [-0.4, -0.2) is 41.9 Å². The molecular weight excluding hydrogens is 376 g/mol. The molecule has 0 aliphatic carbocycles. The summed E-state index contributed by atoms with van der Waals surface area (Å²) in [5.74, 6) is 0.315. The van der Waals surface area contributed by atoms with Gasteiger partial charge < -0.3 is 15.0 Å². The number of aryl methyl sites for hydroxylation is 1. The smallest absolute Gasteiger partial charge is 0.261 e. The first-order valence-electron chi connectivity index (χ1n) is 10.8. The lowest BCUT2D eigenvalue weighted by molar-refractivity contribution is -0.141. The van der Waals surface area contributed by atoms with Gasteiger partial charge in [-0.15, -0.1) is 0 Å². The third-order valence-corrected chi connectivity index (χ3v) is 5.35. The van der Waals surface area contributed by atoms with E-state index in [0.29, 0.717) is 18.7 Å². The molecule has 0 unspecified atom stereocenters. The average Bonchev–Trinajstić information content (AvgIpc) is 2.78. The van der Waals surface area contributed by atoms with Gasteiger partial charge in [0, 0.05) is 12.6 Å². The Kier molecular flexibility index (Phi) is 9.39. The molecule has 2 aromatic rings. The van der Waals surface area contributed by atoms with Crippen LogP contribution in [-0.2, 0) is 22.4 Å². The summed E-state index contributed by atoms with van der Waals surface area (Å²) in [5, 5.41) is 2.98. The molecule has 0 aliphatic rings. The summed E-state index contributed by atoms with van der Waals surface area (Å²) in [7, 11) is 0. The second-order valence-corrected chi connectivity index (χ2v) is 7.60. The van der Waals surface area contributed by atoms with E-state index in [2.05, 4.69) is 12.2 Å². The fourth-order valence-electron chi connectivity index (χ4n) is 3.08. The summed E-state index contributed by atoms with van der Waals surface area (Å²) < 4.78 is 5.71. The molecule has 0 saturated heterocycles. The highest BCUT2D eigenvalue weighted by molar-refractivity contribution is 5.88. The molecule has 30 heavy (non-hydrogen) atoms. The van der Waals surface area contributed by atoms with E-state index in [1.165, 1.54) is 5.56 Å². The summed E-state index contributed by atoms with van der Waals surface area (Å²) in [5.41, 5.74) is 2.34. The Bertz CT molecular complexity index is 790. The van der Waals surface area contributed by atoms with Crippen molar-refractivity contribution in [1.29, 1.82) is 0 Å². The maximum Gasteiger partial charge on any atom is 0.261 e. The minimum atomic E-state index is -0.568. The second-order valence-electron chi connectivity index (χ2n) is 7.60. The summed E-state index contributed by atoms with van der Waals surface area (Å²) in [4.78, 5) is 27.3. The molecule has 0 aromatic heterocycles. The van der Waals surface area contributed by atoms with Crippen LogP contribution in [0.4, 0.5) is 0 Å². The Morgan fingerprint density at radius 3 is 2.23 bits per heavy atom. The number of hydrogen-bond donors (Lipinski definition) is 1.